The van der Waals surface area contributed by atoms with Gasteiger partial charge < -0.3 is 25.2 Å². The fourth-order valence-corrected chi connectivity index (χ4v) is 1.81. The molecule has 0 unspecified atom stereocenters. The number of hydrogen-bond acceptors (Lipinski definition) is 8. The maximum Gasteiger partial charge on any atom is 0.397 e. The van der Waals surface area contributed by atoms with Gasteiger partial charge in [-0.15, -0.1) is 0 Å². The first-order valence-corrected chi connectivity index (χ1v) is 5.58. The van der Waals surface area contributed by atoms with Crippen LogP contribution in [0, 0.1) is 0 Å². The summed E-state index contributed by atoms with van der Waals surface area (Å²) < 4.78 is 37.4. The number of rotatable bonds is 3. The van der Waals surface area contributed by atoms with Gasteiger partial charge in [-0.2, -0.15) is 8.42 Å². The molecule has 0 aromatic heterocycles. The van der Waals surface area contributed by atoms with Gasteiger partial charge in [0, 0.05) is 0 Å². The summed E-state index contributed by atoms with van der Waals surface area (Å²) in [4.78, 5) is 10.6. The highest BCUT2D eigenvalue weighted by atomic mass is 32.3. The summed E-state index contributed by atoms with van der Waals surface area (Å²) in [6.45, 7) is 0. The molecule has 0 aromatic carbocycles. The molecule has 0 aromatic rings. The minimum Gasteiger partial charge on any atom is -0.479 e. The Bertz CT molecular complexity index is 390. The van der Waals surface area contributed by atoms with Crippen molar-refractivity contribution in [2.75, 3.05) is 0 Å². The zero-order valence-electron chi connectivity index (χ0n) is 8.07. The zero-order chi connectivity index (χ0) is 13.4. The summed E-state index contributed by atoms with van der Waals surface area (Å²) in [7, 11) is -5.04. The maximum atomic E-state index is 10.6. The Kier molecular flexibility index (Phi) is 4.03. The average molecular weight is 274 g/mol. The van der Waals surface area contributed by atoms with Crippen LogP contribution in [-0.4, -0.2) is 70.1 Å². The van der Waals surface area contributed by atoms with Gasteiger partial charge in [0.2, 0.25) is 0 Å². The van der Waals surface area contributed by atoms with Gasteiger partial charge in [0.1, 0.15) is 18.3 Å². The van der Waals surface area contributed by atoms with Crippen molar-refractivity contribution in [1.82, 2.24) is 0 Å². The van der Waals surface area contributed by atoms with Crippen molar-refractivity contribution in [1.29, 1.82) is 0 Å². The third-order valence-electron chi connectivity index (χ3n) is 2.04. The molecule has 0 spiro atoms. The molecule has 1 fully saturated rings. The first kappa shape index (κ1) is 14.2. The summed E-state index contributed by atoms with van der Waals surface area (Å²) in [6, 6.07) is 0. The van der Waals surface area contributed by atoms with Crippen molar-refractivity contribution in [2.24, 2.45) is 0 Å². The number of aliphatic hydroxyl groups is 3. The Labute approximate surface area is 95.0 Å². The molecule has 100 valence electrons. The number of ether oxygens (including phenoxy) is 1. The Hall–Kier alpha value is -0.820. The topological polar surface area (TPSA) is 171 Å². The molecule has 0 aliphatic carbocycles. The molecule has 0 amide bonds. The molecule has 17 heavy (non-hydrogen) atoms. The fraction of sp³-hybridized carbons (Fsp3) is 0.833. The van der Waals surface area contributed by atoms with E-state index in [2.05, 4.69) is 8.92 Å². The van der Waals surface area contributed by atoms with Gasteiger partial charge in [-0.05, 0) is 0 Å². The predicted molar refractivity (Wildman–Crippen MR) is 47.0 cm³/mol. The molecule has 5 N–H and O–H groups in total. The number of aliphatic hydroxyl groups excluding tert-OH is 3. The third-order valence-corrected chi connectivity index (χ3v) is 2.50. The average Bonchev–Trinajstić information content (AvgIpc) is 2.16. The van der Waals surface area contributed by atoms with Gasteiger partial charge in [-0.25, -0.2) is 8.98 Å². The molecule has 1 aliphatic heterocycles. The SMILES string of the molecule is O=C(O)[C@H]1O[C@@H](O)[C@H](O)[C@@H](OS(=O)(=O)O)[C@@H]1O. The Balaban J connectivity index is 2.95. The molecular weight excluding hydrogens is 264 g/mol. The molecule has 10 nitrogen and oxygen atoms in total. The summed E-state index contributed by atoms with van der Waals surface area (Å²) in [5.41, 5.74) is 0. The van der Waals surface area contributed by atoms with Gasteiger partial charge in [-0.1, -0.05) is 0 Å². The maximum absolute atomic E-state index is 10.6. The third kappa shape index (κ3) is 3.32. The Morgan fingerprint density at radius 1 is 1.18 bits per heavy atom. The molecule has 11 heteroatoms. The summed E-state index contributed by atoms with van der Waals surface area (Å²) in [5, 5.41) is 36.3. The van der Waals surface area contributed by atoms with Gasteiger partial charge >= 0.3 is 16.4 Å². The van der Waals surface area contributed by atoms with Gasteiger partial charge in [0.05, 0.1) is 0 Å². The van der Waals surface area contributed by atoms with E-state index in [1.165, 1.54) is 0 Å². The van der Waals surface area contributed by atoms with E-state index in [0.717, 1.165) is 0 Å². The van der Waals surface area contributed by atoms with Gasteiger partial charge in [-0.3, -0.25) is 4.55 Å². The minimum absolute atomic E-state index is 1.70. The first-order valence-electron chi connectivity index (χ1n) is 4.21. The summed E-state index contributed by atoms with van der Waals surface area (Å²) in [5.74, 6) is -1.70. The predicted octanol–water partition coefficient (Wildman–Crippen LogP) is -3.30. The van der Waals surface area contributed by atoms with E-state index >= 15 is 0 Å². The largest absolute Gasteiger partial charge is 0.479 e. The van der Waals surface area contributed by atoms with Crippen LogP contribution < -0.4 is 0 Å². The van der Waals surface area contributed by atoms with Crippen LogP contribution >= 0.6 is 0 Å². The van der Waals surface area contributed by atoms with Crippen LogP contribution in [-0.2, 0) is 24.1 Å². The molecule has 0 radical (unpaired) electrons. The highest BCUT2D eigenvalue weighted by Gasteiger charge is 2.49. The number of carboxylic acid groups (broad SMARTS) is 1. The van der Waals surface area contributed by atoms with Gasteiger partial charge in [0.15, 0.2) is 12.4 Å². The first-order chi connectivity index (χ1) is 7.63. The molecule has 5 atom stereocenters. The zero-order valence-corrected chi connectivity index (χ0v) is 8.89. The highest BCUT2D eigenvalue weighted by molar-refractivity contribution is 7.80. The number of aliphatic carboxylic acids is 1. The van der Waals surface area contributed by atoms with Crippen LogP contribution in [0.5, 0.6) is 0 Å². The van der Waals surface area contributed by atoms with Crippen molar-refractivity contribution in [3.05, 3.63) is 0 Å². The van der Waals surface area contributed by atoms with Crippen molar-refractivity contribution < 1.29 is 47.1 Å². The lowest BCUT2D eigenvalue weighted by molar-refractivity contribution is -0.275. The van der Waals surface area contributed by atoms with Crippen LogP contribution in [0.25, 0.3) is 0 Å². The standard InChI is InChI=1S/C6H10O10S/c7-1-3(16-17(12,13)14)2(8)6(11)15-4(1)5(9)10/h1-4,6-8,11H,(H,9,10)(H,12,13,14)/t1-,2+,3-,4-,6+/m0/s1. The van der Waals surface area contributed by atoms with Crippen molar-refractivity contribution >= 4 is 16.4 Å². The van der Waals surface area contributed by atoms with Crippen molar-refractivity contribution in [3.63, 3.8) is 0 Å². The number of carbonyl (C=O) groups is 1. The van der Waals surface area contributed by atoms with Crippen molar-refractivity contribution in [3.8, 4) is 0 Å². The van der Waals surface area contributed by atoms with E-state index in [-0.39, 0.29) is 0 Å². The lowest BCUT2D eigenvalue weighted by atomic mass is 9.99. The molecular formula is C6H10O10S. The van der Waals surface area contributed by atoms with Crippen LogP contribution in [0.1, 0.15) is 0 Å². The van der Waals surface area contributed by atoms with Crippen LogP contribution in [0.15, 0.2) is 0 Å². The van der Waals surface area contributed by atoms with E-state index in [4.69, 9.17) is 14.8 Å². The smallest absolute Gasteiger partial charge is 0.397 e. The molecule has 0 bridgehead atoms. The fourth-order valence-electron chi connectivity index (χ4n) is 1.31. The normalized spacial score (nSPS) is 38.9. The number of hydrogen-bond donors (Lipinski definition) is 5. The van der Waals surface area contributed by atoms with E-state index in [0.29, 0.717) is 0 Å². The van der Waals surface area contributed by atoms with Crippen LogP contribution in [0.4, 0.5) is 0 Å². The summed E-state index contributed by atoms with van der Waals surface area (Å²) >= 11 is 0. The lowest BCUT2D eigenvalue weighted by Gasteiger charge is -2.37. The molecule has 1 aliphatic rings. The lowest BCUT2D eigenvalue weighted by Crippen LogP contribution is -2.60. The minimum atomic E-state index is -5.04. The van der Waals surface area contributed by atoms with E-state index in [1.54, 1.807) is 0 Å². The van der Waals surface area contributed by atoms with E-state index < -0.39 is 47.1 Å². The Morgan fingerprint density at radius 3 is 2.12 bits per heavy atom. The molecule has 1 saturated heterocycles. The van der Waals surface area contributed by atoms with Crippen LogP contribution in [0.3, 0.4) is 0 Å². The second-order valence-corrected chi connectivity index (χ2v) is 4.30. The van der Waals surface area contributed by atoms with E-state index in [9.17, 15) is 23.4 Å². The summed E-state index contributed by atoms with van der Waals surface area (Å²) in [6.07, 6.45) is -10.3. The van der Waals surface area contributed by atoms with Gasteiger partial charge in [0.25, 0.3) is 0 Å². The Morgan fingerprint density at radius 2 is 1.71 bits per heavy atom. The highest BCUT2D eigenvalue weighted by Crippen LogP contribution is 2.23. The molecule has 0 saturated carbocycles. The van der Waals surface area contributed by atoms with Crippen molar-refractivity contribution in [2.45, 2.75) is 30.7 Å². The molecule has 1 heterocycles. The second-order valence-electron chi connectivity index (χ2n) is 3.26. The second kappa shape index (κ2) is 4.81. The monoisotopic (exact) mass is 274 g/mol. The van der Waals surface area contributed by atoms with E-state index in [1.807, 2.05) is 0 Å². The quantitative estimate of drug-likeness (QED) is 0.328. The number of carboxylic acids is 1. The van der Waals surface area contributed by atoms with Crippen LogP contribution in [0.2, 0.25) is 0 Å². The molecule has 1 rings (SSSR count).